The molecule has 16 heavy (non-hydrogen) atoms. The largest absolute Gasteiger partial charge is 0.461 e. The maximum Gasteiger partial charge on any atom is 0.262 e. The quantitative estimate of drug-likeness (QED) is 0.659. The zero-order valence-electron chi connectivity index (χ0n) is 7.61. The maximum atomic E-state index is 11.1. The number of fused-ring (bicyclic) bond motifs is 1. The number of hydrogen-bond donors (Lipinski definition) is 1. The third-order valence-corrected chi connectivity index (χ3v) is 3.76. The van der Waals surface area contributed by atoms with Crippen LogP contribution in [0.2, 0.25) is 5.02 Å². The van der Waals surface area contributed by atoms with E-state index in [0.717, 1.165) is 0 Å². The fraction of sp³-hybridized carbons (Fsp3) is 0.125. The molecule has 1 aliphatic heterocycles. The first-order chi connectivity index (χ1) is 7.41. The van der Waals surface area contributed by atoms with Gasteiger partial charge in [0.05, 0.1) is 10.7 Å². The zero-order valence-corrected chi connectivity index (χ0v) is 9.93. The Bertz CT molecular complexity index is 557. The molecule has 1 heterocycles. The number of aldehydes is 1. The highest BCUT2D eigenvalue weighted by molar-refractivity contribution is 8.13. The fourth-order valence-corrected chi connectivity index (χ4v) is 2.82. The van der Waals surface area contributed by atoms with Crippen LogP contribution in [0.5, 0.6) is 5.75 Å². The highest BCUT2D eigenvalue weighted by Gasteiger charge is 2.25. The summed E-state index contributed by atoms with van der Waals surface area (Å²) < 4.78 is 27.4. The molecule has 0 saturated heterocycles. The van der Waals surface area contributed by atoms with Crippen LogP contribution in [0.15, 0.2) is 17.0 Å². The lowest BCUT2D eigenvalue weighted by molar-refractivity contribution is -0.112. The number of carbonyl (C=O) groups excluding carboxylic acids is 1. The van der Waals surface area contributed by atoms with Gasteiger partial charge in [-0.05, 0) is 6.07 Å². The predicted molar refractivity (Wildman–Crippen MR) is 58.6 cm³/mol. The van der Waals surface area contributed by atoms with Crippen molar-refractivity contribution in [1.82, 2.24) is 0 Å². The van der Waals surface area contributed by atoms with Gasteiger partial charge in [-0.3, -0.25) is 4.79 Å². The van der Waals surface area contributed by atoms with Gasteiger partial charge in [0.1, 0.15) is 10.6 Å². The minimum absolute atomic E-state index is 0.0311. The van der Waals surface area contributed by atoms with Gasteiger partial charge in [0.2, 0.25) is 6.23 Å². The van der Waals surface area contributed by atoms with E-state index in [1.807, 2.05) is 0 Å². The molecule has 0 bridgehead atoms. The van der Waals surface area contributed by atoms with Gasteiger partial charge in [-0.15, -0.1) is 0 Å². The molecule has 0 aromatic heterocycles. The first-order valence-corrected chi connectivity index (χ1v) is 6.77. The normalized spacial score (nSPS) is 18.5. The highest BCUT2D eigenvalue weighted by Crippen LogP contribution is 2.38. The van der Waals surface area contributed by atoms with Crippen LogP contribution in [0.25, 0.3) is 0 Å². The lowest BCUT2D eigenvalue weighted by atomic mass is 10.3. The first kappa shape index (κ1) is 11.5. The Labute approximate surface area is 101 Å². The second-order valence-corrected chi connectivity index (χ2v) is 5.98. The number of carbonyl (C=O) groups is 1. The van der Waals surface area contributed by atoms with Gasteiger partial charge in [-0.1, -0.05) is 11.6 Å². The molecule has 86 valence electrons. The van der Waals surface area contributed by atoms with E-state index < -0.39 is 15.3 Å². The summed E-state index contributed by atoms with van der Waals surface area (Å²) in [5, 5.41) is 2.66. The van der Waals surface area contributed by atoms with Gasteiger partial charge in [0.25, 0.3) is 9.05 Å². The van der Waals surface area contributed by atoms with E-state index in [0.29, 0.717) is 12.0 Å². The molecule has 0 aliphatic carbocycles. The Kier molecular flexibility index (Phi) is 2.73. The molecule has 0 saturated carbocycles. The van der Waals surface area contributed by atoms with Crippen molar-refractivity contribution in [1.29, 1.82) is 0 Å². The van der Waals surface area contributed by atoms with Crippen LogP contribution in [0.1, 0.15) is 0 Å². The molecule has 0 amide bonds. The topological polar surface area (TPSA) is 72.5 Å². The second-order valence-electron chi connectivity index (χ2n) is 3.04. The van der Waals surface area contributed by atoms with Crippen LogP contribution < -0.4 is 10.1 Å². The molecule has 1 atom stereocenters. The molecule has 2 rings (SSSR count). The van der Waals surface area contributed by atoms with Crippen LogP contribution >= 0.6 is 22.3 Å². The number of benzene rings is 1. The Hall–Kier alpha value is -0.980. The molecule has 0 spiro atoms. The van der Waals surface area contributed by atoms with Crippen molar-refractivity contribution in [3.63, 3.8) is 0 Å². The van der Waals surface area contributed by atoms with Crippen molar-refractivity contribution < 1.29 is 17.9 Å². The van der Waals surface area contributed by atoms with Gasteiger partial charge in [-0.2, -0.15) is 0 Å². The summed E-state index contributed by atoms with van der Waals surface area (Å²) in [7, 11) is 1.24. The van der Waals surface area contributed by atoms with E-state index in [4.69, 9.17) is 27.0 Å². The number of hydrogen-bond acceptors (Lipinski definition) is 5. The second kappa shape index (κ2) is 3.80. The van der Waals surface area contributed by atoms with Gasteiger partial charge in [0, 0.05) is 16.7 Å². The third-order valence-electron chi connectivity index (χ3n) is 1.97. The number of halogens is 2. The average molecular weight is 282 g/mol. The van der Waals surface area contributed by atoms with E-state index in [1.165, 1.54) is 12.1 Å². The molecular weight excluding hydrogens is 277 g/mol. The van der Waals surface area contributed by atoms with Crippen LogP contribution in [0.4, 0.5) is 5.69 Å². The van der Waals surface area contributed by atoms with E-state index in [9.17, 15) is 13.2 Å². The van der Waals surface area contributed by atoms with Crippen molar-refractivity contribution in [3.05, 3.63) is 17.2 Å². The van der Waals surface area contributed by atoms with Crippen molar-refractivity contribution >= 4 is 43.3 Å². The Balaban J connectivity index is 2.53. The number of nitrogens with one attached hydrogen (secondary N) is 1. The van der Waals surface area contributed by atoms with E-state index in [-0.39, 0.29) is 15.7 Å². The molecule has 5 nitrogen and oxygen atoms in total. The Morgan fingerprint density at radius 2 is 2.12 bits per heavy atom. The smallest absolute Gasteiger partial charge is 0.262 e. The molecule has 1 aromatic rings. The molecule has 1 aliphatic rings. The van der Waals surface area contributed by atoms with E-state index in [2.05, 4.69) is 5.32 Å². The van der Waals surface area contributed by atoms with Crippen molar-refractivity contribution in [3.8, 4) is 5.75 Å². The van der Waals surface area contributed by atoms with Crippen LogP contribution in [-0.4, -0.2) is 20.9 Å². The summed E-state index contributed by atoms with van der Waals surface area (Å²) in [6.07, 6.45) is -0.290. The van der Waals surface area contributed by atoms with Crippen molar-refractivity contribution in [2.45, 2.75) is 11.1 Å². The lowest BCUT2D eigenvalue weighted by Gasteiger charge is -2.02. The summed E-state index contributed by atoms with van der Waals surface area (Å²) in [4.78, 5) is 10.2. The summed E-state index contributed by atoms with van der Waals surface area (Å²) in [6.45, 7) is 0. The number of ether oxygens (including phenoxy) is 1. The van der Waals surface area contributed by atoms with Crippen molar-refractivity contribution in [2.75, 3.05) is 5.32 Å². The standard InChI is InChI=1S/C8H5Cl2NO4S/c9-4-1-5-6(15-8(3-12)11-5)2-7(4)16(10,13)14/h1-3,8,11H. The predicted octanol–water partition coefficient (Wildman–Crippen LogP) is 1.60. The maximum absolute atomic E-state index is 11.1. The van der Waals surface area contributed by atoms with E-state index in [1.54, 1.807) is 0 Å². The summed E-state index contributed by atoms with van der Waals surface area (Å²) >= 11 is 5.74. The summed E-state index contributed by atoms with van der Waals surface area (Å²) in [6, 6.07) is 2.52. The lowest BCUT2D eigenvalue weighted by Crippen LogP contribution is -2.20. The summed E-state index contributed by atoms with van der Waals surface area (Å²) in [5.41, 5.74) is 0.450. The van der Waals surface area contributed by atoms with Gasteiger partial charge < -0.3 is 10.1 Å². The number of anilines is 1. The van der Waals surface area contributed by atoms with Gasteiger partial charge >= 0.3 is 0 Å². The molecule has 8 heteroatoms. The molecule has 1 N–H and O–H groups in total. The van der Waals surface area contributed by atoms with Gasteiger partial charge in [-0.25, -0.2) is 8.42 Å². The molecule has 0 radical (unpaired) electrons. The van der Waals surface area contributed by atoms with Gasteiger partial charge in [0.15, 0.2) is 6.29 Å². The SMILES string of the molecule is O=CC1Nc2cc(Cl)c(S(=O)(=O)Cl)cc2O1. The molecular formula is C8H5Cl2NO4S. The van der Waals surface area contributed by atoms with Crippen LogP contribution in [-0.2, 0) is 13.8 Å². The fourth-order valence-electron chi connectivity index (χ4n) is 1.31. The van der Waals surface area contributed by atoms with Crippen LogP contribution in [0, 0.1) is 0 Å². The Morgan fingerprint density at radius 3 is 2.69 bits per heavy atom. The van der Waals surface area contributed by atoms with E-state index >= 15 is 0 Å². The zero-order chi connectivity index (χ0) is 11.9. The molecule has 1 unspecified atom stereocenters. The minimum atomic E-state index is -3.94. The highest BCUT2D eigenvalue weighted by atomic mass is 35.7. The summed E-state index contributed by atoms with van der Waals surface area (Å²) in [5.74, 6) is 0.223. The number of rotatable bonds is 2. The average Bonchev–Trinajstić information content (AvgIpc) is 2.56. The molecule has 0 fully saturated rings. The molecule has 1 aromatic carbocycles. The first-order valence-electron chi connectivity index (χ1n) is 4.08. The van der Waals surface area contributed by atoms with Crippen molar-refractivity contribution in [2.24, 2.45) is 0 Å². The monoisotopic (exact) mass is 281 g/mol. The Morgan fingerprint density at radius 1 is 1.44 bits per heavy atom. The minimum Gasteiger partial charge on any atom is -0.461 e. The third kappa shape index (κ3) is 1.95. The van der Waals surface area contributed by atoms with Crippen LogP contribution in [0.3, 0.4) is 0 Å².